The lowest BCUT2D eigenvalue weighted by Crippen LogP contribution is -2.46. The van der Waals surface area contributed by atoms with Crippen LogP contribution in [0.4, 0.5) is 5.82 Å². The lowest BCUT2D eigenvalue weighted by atomic mass is 9.99. The van der Waals surface area contributed by atoms with E-state index in [9.17, 15) is 0 Å². The fraction of sp³-hybridized carbons (Fsp3) is 0.200. The van der Waals surface area contributed by atoms with Crippen molar-refractivity contribution in [1.29, 1.82) is 5.26 Å². The topological polar surface area (TPSA) is 70.1 Å². The first-order valence-corrected chi connectivity index (χ1v) is 7.24. The van der Waals surface area contributed by atoms with Crippen LogP contribution in [0.15, 0.2) is 36.7 Å². The maximum Gasteiger partial charge on any atom is 0.160 e. The number of anilines is 1. The van der Waals surface area contributed by atoms with Gasteiger partial charge in [0.25, 0.3) is 0 Å². The van der Waals surface area contributed by atoms with Crippen molar-refractivity contribution in [2.24, 2.45) is 0 Å². The Kier molecular flexibility index (Phi) is 2.94. The molecule has 0 aliphatic carbocycles. The highest BCUT2D eigenvalue weighted by Crippen LogP contribution is 2.33. The van der Waals surface area contributed by atoms with Crippen LogP contribution in [0.5, 0.6) is 0 Å². The van der Waals surface area contributed by atoms with Gasteiger partial charge in [-0.1, -0.05) is 17.7 Å². The molecular formula is C15H11ClN6. The smallest absolute Gasteiger partial charge is 0.160 e. The Morgan fingerprint density at radius 1 is 1.27 bits per heavy atom. The molecule has 3 aromatic rings. The van der Waals surface area contributed by atoms with Crippen molar-refractivity contribution in [3.63, 3.8) is 0 Å². The lowest BCUT2D eigenvalue weighted by Gasteiger charge is -2.39. The first kappa shape index (κ1) is 13.0. The molecule has 0 radical (unpaired) electrons. The van der Waals surface area contributed by atoms with Crippen LogP contribution in [-0.4, -0.2) is 32.7 Å². The summed E-state index contributed by atoms with van der Waals surface area (Å²) in [6.45, 7) is 1.57. The summed E-state index contributed by atoms with van der Waals surface area (Å²) in [5.41, 5.74) is 1.32. The number of fused-ring (bicyclic) bond motifs is 1. The molecule has 0 aromatic carbocycles. The molecule has 1 aliphatic heterocycles. The second-order valence-corrected chi connectivity index (χ2v) is 5.64. The van der Waals surface area contributed by atoms with E-state index in [0.29, 0.717) is 22.3 Å². The second kappa shape index (κ2) is 4.97. The Labute approximate surface area is 131 Å². The predicted molar refractivity (Wildman–Crippen MR) is 81.9 cm³/mol. The number of halogens is 1. The Bertz CT molecular complexity index is 890. The van der Waals surface area contributed by atoms with Gasteiger partial charge in [-0.15, -0.1) is 10.2 Å². The summed E-state index contributed by atoms with van der Waals surface area (Å²) >= 11 is 6.19. The van der Waals surface area contributed by atoms with Gasteiger partial charge in [-0.25, -0.2) is 4.98 Å². The van der Waals surface area contributed by atoms with E-state index in [4.69, 9.17) is 16.9 Å². The minimum Gasteiger partial charge on any atom is -0.354 e. The molecule has 1 aliphatic rings. The van der Waals surface area contributed by atoms with Crippen molar-refractivity contribution >= 4 is 23.1 Å². The molecule has 1 fully saturated rings. The molecule has 6 nitrogen and oxygen atoms in total. The van der Waals surface area contributed by atoms with Crippen molar-refractivity contribution in [3.8, 4) is 6.07 Å². The molecule has 0 unspecified atom stereocenters. The fourth-order valence-electron chi connectivity index (χ4n) is 2.68. The van der Waals surface area contributed by atoms with E-state index < -0.39 is 0 Å². The molecule has 7 heteroatoms. The molecule has 0 amide bonds. The zero-order valence-corrected chi connectivity index (χ0v) is 12.3. The monoisotopic (exact) mass is 310 g/mol. The lowest BCUT2D eigenvalue weighted by molar-refractivity contribution is 0.493. The molecule has 0 N–H and O–H groups in total. The van der Waals surface area contributed by atoms with Gasteiger partial charge in [0, 0.05) is 25.5 Å². The van der Waals surface area contributed by atoms with Gasteiger partial charge in [0.1, 0.15) is 17.7 Å². The molecule has 22 heavy (non-hydrogen) atoms. The van der Waals surface area contributed by atoms with E-state index in [1.165, 1.54) is 0 Å². The van der Waals surface area contributed by atoms with Crippen molar-refractivity contribution in [3.05, 3.63) is 53.1 Å². The second-order valence-electron chi connectivity index (χ2n) is 5.23. The van der Waals surface area contributed by atoms with Crippen molar-refractivity contribution in [1.82, 2.24) is 19.6 Å². The van der Waals surface area contributed by atoms with Crippen LogP contribution < -0.4 is 4.90 Å². The zero-order valence-electron chi connectivity index (χ0n) is 11.5. The third-order valence-corrected chi connectivity index (χ3v) is 4.12. The minimum absolute atomic E-state index is 0.297. The Morgan fingerprint density at radius 2 is 2.14 bits per heavy atom. The maximum atomic E-state index is 8.85. The first-order chi connectivity index (χ1) is 10.8. The summed E-state index contributed by atoms with van der Waals surface area (Å²) < 4.78 is 2.01. The molecule has 0 atom stereocenters. The minimum atomic E-state index is 0.297. The molecule has 1 saturated heterocycles. The van der Waals surface area contributed by atoms with Gasteiger partial charge >= 0.3 is 0 Å². The number of pyridine rings is 2. The molecular weight excluding hydrogens is 300 g/mol. The van der Waals surface area contributed by atoms with Crippen LogP contribution in [0, 0.1) is 11.3 Å². The van der Waals surface area contributed by atoms with E-state index >= 15 is 0 Å². The van der Waals surface area contributed by atoms with E-state index in [1.807, 2.05) is 34.9 Å². The van der Waals surface area contributed by atoms with Crippen LogP contribution in [-0.2, 0) is 0 Å². The molecule has 108 valence electrons. The van der Waals surface area contributed by atoms with Gasteiger partial charge in [-0.3, -0.25) is 4.40 Å². The van der Waals surface area contributed by atoms with Crippen LogP contribution in [0.1, 0.15) is 17.3 Å². The highest BCUT2D eigenvalue weighted by atomic mass is 35.5. The van der Waals surface area contributed by atoms with Gasteiger partial charge in [0.2, 0.25) is 0 Å². The SMILES string of the molecule is N#Cc1cnc(N2CC(c3nnc4ccccn34)C2)c(Cl)c1. The number of aromatic nitrogens is 4. The highest BCUT2D eigenvalue weighted by Gasteiger charge is 2.33. The summed E-state index contributed by atoms with van der Waals surface area (Å²) in [4.78, 5) is 6.36. The third kappa shape index (κ3) is 1.98. The average Bonchev–Trinajstić information content (AvgIpc) is 2.91. The summed E-state index contributed by atoms with van der Waals surface area (Å²) in [5.74, 6) is 1.97. The van der Waals surface area contributed by atoms with E-state index in [0.717, 1.165) is 24.6 Å². The maximum absolute atomic E-state index is 8.85. The Morgan fingerprint density at radius 3 is 2.91 bits per heavy atom. The molecule has 3 aromatic heterocycles. The first-order valence-electron chi connectivity index (χ1n) is 6.86. The largest absolute Gasteiger partial charge is 0.354 e. The summed E-state index contributed by atoms with van der Waals surface area (Å²) in [5, 5.41) is 17.8. The van der Waals surface area contributed by atoms with E-state index in [2.05, 4.69) is 20.1 Å². The third-order valence-electron chi connectivity index (χ3n) is 3.84. The van der Waals surface area contributed by atoms with Crippen molar-refractivity contribution in [2.75, 3.05) is 18.0 Å². The molecule has 0 saturated carbocycles. The van der Waals surface area contributed by atoms with E-state index in [-0.39, 0.29) is 0 Å². The average molecular weight is 311 g/mol. The molecule has 0 spiro atoms. The predicted octanol–water partition coefficient (Wildman–Crippen LogP) is 2.25. The van der Waals surface area contributed by atoms with E-state index in [1.54, 1.807) is 12.3 Å². The van der Waals surface area contributed by atoms with Crippen molar-refractivity contribution < 1.29 is 0 Å². The van der Waals surface area contributed by atoms with Crippen LogP contribution >= 0.6 is 11.6 Å². The molecule has 4 rings (SSSR count). The summed E-state index contributed by atoms with van der Waals surface area (Å²) in [6, 6.07) is 9.53. The number of hydrogen-bond donors (Lipinski definition) is 0. The van der Waals surface area contributed by atoms with Crippen LogP contribution in [0.3, 0.4) is 0 Å². The van der Waals surface area contributed by atoms with Gasteiger partial charge in [-0.05, 0) is 18.2 Å². The molecule has 4 heterocycles. The number of rotatable bonds is 2. The number of hydrogen-bond acceptors (Lipinski definition) is 5. The summed E-state index contributed by atoms with van der Waals surface area (Å²) in [7, 11) is 0. The number of nitrogens with zero attached hydrogens (tertiary/aromatic N) is 6. The van der Waals surface area contributed by atoms with Crippen LogP contribution in [0.2, 0.25) is 5.02 Å². The normalized spacial score (nSPS) is 14.8. The zero-order chi connectivity index (χ0) is 15.1. The Balaban J connectivity index is 1.56. The number of nitriles is 1. The van der Waals surface area contributed by atoms with Gasteiger partial charge < -0.3 is 4.90 Å². The Hall–Kier alpha value is -2.65. The van der Waals surface area contributed by atoms with Gasteiger partial charge in [0.05, 0.1) is 16.5 Å². The quantitative estimate of drug-likeness (QED) is 0.726. The fourth-order valence-corrected chi connectivity index (χ4v) is 2.96. The van der Waals surface area contributed by atoms with Gasteiger partial charge in [-0.2, -0.15) is 5.26 Å². The highest BCUT2D eigenvalue weighted by molar-refractivity contribution is 6.33. The van der Waals surface area contributed by atoms with Gasteiger partial charge in [0.15, 0.2) is 5.65 Å². The van der Waals surface area contributed by atoms with Crippen molar-refractivity contribution in [2.45, 2.75) is 5.92 Å². The summed E-state index contributed by atoms with van der Waals surface area (Å²) in [6.07, 6.45) is 3.52. The standard InChI is InChI=1S/C15H11ClN6/c16-12-5-10(6-17)7-18-15(12)21-8-11(9-21)14-20-19-13-3-1-2-4-22(13)14/h1-5,7,11H,8-9H2. The molecule has 0 bridgehead atoms. The van der Waals surface area contributed by atoms with Crippen LogP contribution in [0.25, 0.3) is 5.65 Å².